The third kappa shape index (κ3) is 15.1. The van der Waals surface area contributed by atoms with E-state index in [0.717, 1.165) is 9.81 Å². The van der Waals surface area contributed by atoms with Crippen LogP contribution in [0.1, 0.15) is 0 Å². The van der Waals surface area contributed by atoms with Crippen LogP contribution < -0.4 is 9.81 Å². The second kappa shape index (κ2) is 23.4. The van der Waals surface area contributed by atoms with Gasteiger partial charge in [-0.25, -0.2) is 0 Å². The topological polar surface area (TPSA) is 55.4 Å². The first kappa shape index (κ1) is 34.6. The number of hydrogen-bond donors (Lipinski definition) is 0. The van der Waals surface area contributed by atoms with Crippen molar-refractivity contribution in [2.75, 3.05) is 0 Å². The fraction of sp³-hybridized carbons (Fsp3) is 0. The molecule has 9 heteroatoms. The van der Waals surface area contributed by atoms with Crippen molar-refractivity contribution in [3.63, 3.8) is 0 Å². The Balaban J connectivity index is 3.76. The summed E-state index contributed by atoms with van der Waals surface area (Å²) in [6, 6.07) is 6.11. The first-order valence-corrected chi connectivity index (χ1v) is 25.1. The minimum absolute atomic E-state index is 0.917. The molecule has 0 aliphatic heterocycles. The van der Waals surface area contributed by atoms with Crippen LogP contribution in [-0.2, 0) is 16.9 Å². The van der Waals surface area contributed by atoms with Crippen molar-refractivity contribution in [2.45, 2.75) is 0 Å². The van der Waals surface area contributed by atoms with Gasteiger partial charge in [-0.3, -0.25) is 0 Å². The average molecular weight is 1120 g/mol. The van der Waals surface area contributed by atoms with Gasteiger partial charge in [0, 0.05) is 0 Å². The van der Waals surface area contributed by atoms with Crippen LogP contribution in [0.15, 0.2) is 168 Å². The average Bonchev–Trinajstić information content (AvgIpc) is 2.95. The van der Waals surface area contributed by atoms with Gasteiger partial charge in [-0.15, -0.1) is 0 Å². The molecule has 1 aromatic carbocycles. The Morgan fingerprint density at radius 3 is 0.692 bits per heavy atom. The van der Waals surface area contributed by atoms with Gasteiger partial charge in [0.05, 0.1) is 0 Å². The summed E-state index contributed by atoms with van der Waals surface area (Å²) in [7, 11) is 0. The van der Waals surface area contributed by atoms with E-state index in [1.54, 1.807) is 110 Å². The van der Waals surface area contributed by atoms with Gasteiger partial charge in [-0.05, 0) is 0 Å². The van der Waals surface area contributed by atoms with E-state index in [0.29, 0.717) is 0 Å². The molecule has 1 aromatic rings. The quantitative estimate of drug-likeness (QED) is 0.0976. The summed E-state index contributed by atoms with van der Waals surface area (Å²) in [5.74, 6) is 0. The van der Waals surface area contributed by atoms with E-state index in [-0.39, 0.29) is 0 Å². The van der Waals surface area contributed by atoms with Crippen LogP contribution >= 0.6 is 0 Å². The van der Waals surface area contributed by atoms with Crippen LogP contribution in [0.5, 0.6) is 0 Å². The van der Waals surface area contributed by atoms with Gasteiger partial charge in [-0.1, -0.05) is 0 Å². The molecule has 39 heavy (non-hydrogen) atoms. The second-order valence-electron chi connectivity index (χ2n) is 6.50. The molecular formula is C30H33Bi3O6. The molecule has 0 radical (unpaired) electrons. The molecule has 0 amide bonds. The molecule has 0 saturated heterocycles. The van der Waals surface area contributed by atoms with Crippen LogP contribution in [0.3, 0.4) is 0 Å². The van der Waals surface area contributed by atoms with Crippen LogP contribution in [0.4, 0.5) is 0 Å². The van der Waals surface area contributed by atoms with Gasteiger partial charge in [0.25, 0.3) is 0 Å². The summed E-state index contributed by atoms with van der Waals surface area (Å²) in [6.45, 7) is 22.2. The van der Waals surface area contributed by atoms with Crippen LogP contribution in [0.25, 0.3) is 0 Å². The third-order valence-corrected chi connectivity index (χ3v) is 19.0. The molecule has 0 N–H and O–H groups in total. The van der Waals surface area contributed by atoms with Crippen molar-refractivity contribution < 1.29 is 16.9 Å². The van der Waals surface area contributed by atoms with Gasteiger partial charge < -0.3 is 0 Å². The Hall–Kier alpha value is -2.45. The molecule has 6 nitrogen and oxygen atoms in total. The zero-order valence-corrected chi connectivity index (χ0v) is 32.1. The van der Waals surface area contributed by atoms with Gasteiger partial charge in [0.2, 0.25) is 0 Å². The molecule has 0 aliphatic carbocycles. The molecular weight excluding hydrogens is 1080 g/mol. The summed E-state index contributed by atoms with van der Waals surface area (Å²) >= 11 is -9.84. The number of rotatable bonds is 21. The fourth-order valence-electron chi connectivity index (χ4n) is 2.21. The number of hydrogen-bond acceptors (Lipinski definition) is 6. The second-order valence-corrected chi connectivity index (χ2v) is 23.4. The summed E-state index contributed by atoms with van der Waals surface area (Å²) in [5.41, 5.74) is 0. The molecule has 0 unspecified atom stereocenters. The van der Waals surface area contributed by atoms with E-state index < -0.39 is 67.9 Å². The molecule has 0 fully saturated rings. The molecule has 0 aromatic heterocycles. The van der Waals surface area contributed by atoms with Gasteiger partial charge in [0.15, 0.2) is 0 Å². The standard InChI is InChI=1S/C6H3.6C4H6O.3Bi/c1-2-4-6-5-3-1;6*1-2-3-4-5;;;/h1,4-5H;6*2-5H,1H2;;;/q;;;;;;;3*+2/p-6. The zero-order valence-electron chi connectivity index (χ0n) is 21.7. The summed E-state index contributed by atoms with van der Waals surface area (Å²) in [4.78, 5) is 0. The Morgan fingerprint density at radius 1 is 0.359 bits per heavy atom. The Labute approximate surface area is 260 Å². The van der Waals surface area contributed by atoms with Gasteiger partial charge >= 0.3 is 263 Å². The molecule has 0 spiro atoms. The summed E-state index contributed by atoms with van der Waals surface area (Å²) in [5, 5.41) is 0. The first-order chi connectivity index (χ1) is 19.1. The predicted octanol–water partition coefficient (Wildman–Crippen LogP) is 5.07. The van der Waals surface area contributed by atoms with Gasteiger partial charge in [0.1, 0.15) is 0 Å². The van der Waals surface area contributed by atoms with Crippen LogP contribution in [0.2, 0.25) is 0 Å². The maximum atomic E-state index is 6.10. The van der Waals surface area contributed by atoms with E-state index in [2.05, 4.69) is 39.5 Å². The van der Waals surface area contributed by atoms with Crippen LogP contribution in [0, 0.1) is 0 Å². The number of allylic oxidation sites excluding steroid dienone is 12. The van der Waals surface area contributed by atoms with Crippen LogP contribution in [-0.4, -0.2) is 67.9 Å². The SMILES string of the molecule is C=CC=C[O][Bi]([O]C=CC=C)[c]1c[c]([Bi]([O]C=CC=C)[O]C=CC=C)c[c]([Bi]([O]C=CC=C)[O]C=CC=C)c1. The molecule has 1 rings (SSSR count). The van der Waals surface area contributed by atoms with Crippen molar-refractivity contribution >= 4 is 77.7 Å². The first-order valence-electron chi connectivity index (χ1n) is 11.4. The molecule has 0 aliphatic rings. The Kier molecular flexibility index (Phi) is 20.8. The van der Waals surface area contributed by atoms with E-state index in [1.165, 1.54) is 0 Å². The molecule has 0 heterocycles. The van der Waals surface area contributed by atoms with E-state index >= 15 is 0 Å². The third-order valence-electron chi connectivity index (χ3n) is 3.75. The van der Waals surface area contributed by atoms with Crippen molar-refractivity contribution in [3.05, 3.63) is 168 Å². The van der Waals surface area contributed by atoms with Crippen molar-refractivity contribution in [3.8, 4) is 0 Å². The predicted molar refractivity (Wildman–Crippen MR) is 165 cm³/mol. The Bertz CT molecular complexity index is 907. The number of benzene rings is 1. The summed E-state index contributed by atoms with van der Waals surface area (Å²) in [6.07, 6.45) is 29.7. The normalized spacial score (nSPS) is 11.8. The van der Waals surface area contributed by atoms with E-state index in [4.69, 9.17) is 16.9 Å². The van der Waals surface area contributed by atoms with Crippen molar-refractivity contribution in [2.24, 2.45) is 0 Å². The van der Waals surface area contributed by atoms with Crippen molar-refractivity contribution in [1.29, 1.82) is 0 Å². The van der Waals surface area contributed by atoms with Crippen molar-refractivity contribution in [1.82, 2.24) is 0 Å². The van der Waals surface area contributed by atoms with E-state index in [1.807, 2.05) is 18.2 Å². The minimum atomic E-state index is -3.28. The molecule has 0 atom stereocenters. The monoisotopic (exact) mass is 1120 g/mol. The fourth-order valence-corrected chi connectivity index (χ4v) is 20.6. The van der Waals surface area contributed by atoms with E-state index in [9.17, 15) is 0 Å². The molecule has 0 saturated carbocycles. The molecule has 0 bridgehead atoms. The molecule has 204 valence electrons. The maximum absolute atomic E-state index is 6.10. The summed E-state index contributed by atoms with van der Waals surface area (Å²) < 4.78 is 39.3. The Morgan fingerprint density at radius 2 is 0.538 bits per heavy atom. The van der Waals surface area contributed by atoms with Gasteiger partial charge in [-0.2, -0.15) is 0 Å². The zero-order chi connectivity index (χ0) is 28.6.